The summed E-state index contributed by atoms with van der Waals surface area (Å²) in [5.74, 6) is 0.955. The van der Waals surface area contributed by atoms with E-state index in [4.69, 9.17) is 16.6 Å². The van der Waals surface area contributed by atoms with Gasteiger partial charge in [0, 0.05) is 42.8 Å². The molecule has 4 aromatic rings. The number of anilines is 2. The molecular weight excluding hydrogens is 436 g/mol. The molecule has 0 N–H and O–H groups in total. The summed E-state index contributed by atoms with van der Waals surface area (Å²) in [7, 11) is 0. The van der Waals surface area contributed by atoms with Gasteiger partial charge in [-0.3, -0.25) is 0 Å². The van der Waals surface area contributed by atoms with Crippen LogP contribution in [0.5, 0.6) is 0 Å². The number of piperazine rings is 1. The summed E-state index contributed by atoms with van der Waals surface area (Å²) in [4.78, 5) is 15.1. The fourth-order valence-corrected chi connectivity index (χ4v) is 5.83. The van der Waals surface area contributed by atoms with E-state index in [-0.39, 0.29) is 0 Å². The van der Waals surface area contributed by atoms with Gasteiger partial charge in [0.05, 0.1) is 5.39 Å². The lowest BCUT2D eigenvalue weighted by molar-refractivity contribution is 0.647. The van der Waals surface area contributed by atoms with Crippen LogP contribution in [0.3, 0.4) is 0 Å². The van der Waals surface area contributed by atoms with Crippen LogP contribution in [0, 0.1) is 27.7 Å². The third-order valence-corrected chi connectivity index (χ3v) is 7.60. The number of aryl methyl sites for hydroxylation is 3. The van der Waals surface area contributed by atoms with E-state index in [0.29, 0.717) is 5.28 Å². The molecule has 1 aliphatic heterocycles. The second kappa shape index (κ2) is 8.38. The highest BCUT2D eigenvalue weighted by atomic mass is 35.5. The van der Waals surface area contributed by atoms with E-state index in [0.717, 1.165) is 42.2 Å². The molecule has 164 valence electrons. The Morgan fingerprint density at radius 1 is 0.844 bits per heavy atom. The first-order valence-electron chi connectivity index (χ1n) is 11.0. The van der Waals surface area contributed by atoms with Gasteiger partial charge >= 0.3 is 0 Å². The van der Waals surface area contributed by atoms with E-state index in [2.05, 4.69) is 84.3 Å². The van der Waals surface area contributed by atoms with E-state index in [9.17, 15) is 0 Å². The van der Waals surface area contributed by atoms with Crippen molar-refractivity contribution >= 4 is 44.7 Å². The third-order valence-electron chi connectivity index (χ3n) is 6.56. The summed E-state index contributed by atoms with van der Waals surface area (Å²) in [6.07, 6.45) is 0. The first kappa shape index (κ1) is 21.2. The SMILES string of the molecule is Cc1ccc(-c2csc3nc(Cl)nc(N4CCN(c5cccc(C)c5C)CC4)c23)c(C)c1. The number of nitrogens with zero attached hydrogens (tertiary/aromatic N) is 4. The summed E-state index contributed by atoms with van der Waals surface area (Å²) in [6, 6.07) is 13.2. The van der Waals surface area contributed by atoms with Gasteiger partial charge in [0.2, 0.25) is 5.28 Å². The van der Waals surface area contributed by atoms with Gasteiger partial charge in [-0.05, 0) is 67.6 Å². The molecule has 2 aromatic heterocycles. The van der Waals surface area contributed by atoms with Crippen LogP contribution in [0.4, 0.5) is 11.5 Å². The number of rotatable bonds is 3. The predicted octanol–water partition coefficient (Wildman–Crippen LogP) is 6.57. The molecule has 1 aliphatic rings. The van der Waals surface area contributed by atoms with Gasteiger partial charge in [0.1, 0.15) is 10.6 Å². The first-order valence-corrected chi connectivity index (χ1v) is 12.3. The maximum Gasteiger partial charge on any atom is 0.225 e. The van der Waals surface area contributed by atoms with Gasteiger partial charge in [-0.1, -0.05) is 35.9 Å². The molecule has 5 rings (SSSR count). The Morgan fingerprint density at radius 3 is 2.34 bits per heavy atom. The molecule has 2 aromatic carbocycles. The summed E-state index contributed by atoms with van der Waals surface area (Å²) < 4.78 is 0. The molecule has 0 unspecified atom stereocenters. The van der Waals surface area contributed by atoms with E-state index in [1.807, 2.05) is 0 Å². The Kier molecular flexibility index (Phi) is 5.56. The largest absolute Gasteiger partial charge is 0.368 e. The Labute approximate surface area is 198 Å². The van der Waals surface area contributed by atoms with Crippen molar-refractivity contribution in [2.45, 2.75) is 27.7 Å². The molecule has 0 saturated carbocycles. The fraction of sp³-hybridized carbons (Fsp3) is 0.308. The van der Waals surface area contributed by atoms with Crippen molar-refractivity contribution in [1.29, 1.82) is 0 Å². The molecule has 0 spiro atoms. The van der Waals surface area contributed by atoms with Gasteiger partial charge < -0.3 is 9.80 Å². The van der Waals surface area contributed by atoms with Crippen LogP contribution in [0.1, 0.15) is 22.3 Å². The molecule has 32 heavy (non-hydrogen) atoms. The molecule has 0 radical (unpaired) electrons. The van der Waals surface area contributed by atoms with Crippen molar-refractivity contribution in [1.82, 2.24) is 9.97 Å². The lowest BCUT2D eigenvalue weighted by Crippen LogP contribution is -2.47. The van der Waals surface area contributed by atoms with Crippen LogP contribution < -0.4 is 9.80 Å². The third kappa shape index (κ3) is 3.74. The van der Waals surface area contributed by atoms with Crippen LogP contribution in [0.25, 0.3) is 21.3 Å². The lowest BCUT2D eigenvalue weighted by atomic mass is 9.99. The highest BCUT2D eigenvalue weighted by molar-refractivity contribution is 7.17. The number of hydrogen-bond donors (Lipinski definition) is 0. The zero-order valence-electron chi connectivity index (χ0n) is 18.9. The maximum absolute atomic E-state index is 6.36. The van der Waals surface area contributed by atoms with Crippen molar-refractivity contribution in [3.05, 3.63) is 69.3 Å². The number of thiophene rings is 1. The average Bonchev–Trinajstić information content (AvgIpc) is 3.19. The number of hydrogen-bond acceptors (Lipinski definition) is 5. The molecule has 4 nitrogen and oxygen atoms in total. The molecule has 0 bridgehead atoms. The van der Waals surface area contributed by atoms with Gasteiger partial charge in [-0.15, -0.1) is 11.3 Å². The Morgan fingerprint density at radius 2 is 1.59 bits per heavy atom. The first-order chi connectivity index (χ1) is 15.4. The van der Waals surface area contributed by atoms with Crippen LogP contribution in [0.15, 0.2) is 41.8 Å². The van der Waals surface area contributed by atoms with E-state index >= 15 is 0 Å². The highest BCUT2D eigenvalue weighted by Crippen LogP contribution is 2.40. The van der Waals surface area contributed by atoms with Gasteiger partial charge in [0.25, 0.3) is 0 Å². The quantitative estimate of drug-likeness (QED) is 0.322. The Bertz CT molecular complexity index is 1300. The molecule has 1 fully saturated rings. The van der Waals surface area contributed by atoms with Crippen molar-refractivity contribution in [2.75, 3.05) is 36.0 Å². The molecule has 0 atom stereocenters. The molecule has 6 heteroatoms. The Balaban J connectivity index is 1.51. The predicted molar refractivity (Wildman–Crippen MR) is 138 cm³/mol. The second-order valence-corrected chi connectivity index (χ2v) is 9.85. The van der Waals surface area contributed by atoms with Crippen molar-refractivity contribution in [2.24, 2.45) is 0 Å². The standard InChI is InChI=1S/C26H27ClN4S/c1-16-8-9-20(18(3)14-16)21-15-32-25-23(21)24(28-26(27)29-25)31-12-10-30(11-13-31)22-7-5-6-17(2)19(22)4/h5-9,14-15H,10-13H2,1-4H3. The average molecular weight is 463 g/mol. The number of benzene rings is 2. The number of aromatic nitrogens is 2. The molecule has 1 saturated heterocycles. The van der Waals surface area contributed by atoms with Crippen molar-refractivity contribution in [3.63, 3.8) is 0 Å². The van der Waals surface area contributed by atoms with Crippen LogP contribution >= 0.6 is 22.9 Å². The minimum absolute atomic E-state index is 0.318. The summed E-state index contributed by atoms with van der Waals surface area (Å²) >= 11 is 8.00. The normalized spacial score (nSPS) is 14.4. The van der Waals surface area contributed by atoms with E-state index < -0.39 is 0 Å². The van der Waals surface area contributed by atoms with Crippen molar-refractivity contribution in [3.8, 4) is 11.1 Å². The number of halogens is 1. The fourth-order valence-electron chi connectivity index (χ4n) is 4.68. The van der Waals surface area contributed by atoms with Crippen LogP contribution in [-0.2, 0) is 0 Å². The van der Waals surface area contributed by atoms with E-state index in [1.54, 1.807) is 11.3 Å². The molecule has 0 amide bonds. The van der Waals surface area contributed by atoms with E-state index in [1.165, 1.54) is 39.1 Å². The van der Waals surface area contributed by atoms with Crippen molar-refractivity contribution < 1.29 is 0 Å². The monoisotopic (exact) mass is 462 g/mol. The van der Waals surface area contributed by atoms with Crippen LogP contribution in [-0.4, -0.2) is 36.1 Å². The molecular formula is C26H27ClN4S. The minimum atomic E-state index is 0.318. The van der Waals surface area contributed by atoms with Gasteiger partial charge in [-0.2, -0.15) is 4.98 Å². The minimum Gasteiger partial charge on any atom is -0.368 e. The maximum atomic E-state index is 6.36. The Hall–Kier alpha value is -2.63. The van der Waals surface area contributed by atoms with Gasteiger partial charge in [-0.25, -0.2) is 4.98 Å². The summed E-state index contributed by atoms with van der Waals surface area (Å²) in [5, 5.41) is 3.63. The van der Waals surface area contributed by atoms with Crippen LogP contribution in [0.2, 0.25) is 5.28 Å². The zero-order valence-corrected chi connectivity index (χ0v) is 20.5. The second-order valence-electron chi connectivity index (χ2n) is 8.66. The van der Waals surface area contributed by atoms with Gasteiger partial charge in [0.15, 0.2) is 0 Å². The smallest absolute Gasteiger partial charge is 0.225 e. The summed E-state index contributed by atoms with van der Waals surface area (Å²) in [6.45, 7) is 12.4. The molecule has 3 heterocycles. The lowest BCUT2D eigenvalue weighted by Gasteiger charge is -2.38. The molecule has 0 aliphatic carbocycles. The highest BCUT2D eigenvalue weighted by Gasteiger charge is 2.24. The number of fused-ring (bicyclic) bond motifs is 1. The summed E-state index contributed by atoms with van der Waals surface area (Å²) in [5.41, 5.74) is 9.02. The topological polar surface area (TPSA) is 32.3 Å². The zero-order chi connectivity index (χ0) is 22.4.